The summed E-state index contributed by atoms with van der Waals surface area (Å²) in [4.78, 5) is 0. The van der Waals surface area contributed by atoms with Crippen LogP contribution < -0.4 is 0 Å². The van der Waals surface area contributed by atoms with Crippen LogP contribution in [0.15, 0.2) is 0 Å². The van der Waals surface area contributed by atoms with Crippen molar-refractivity contribution in [2.75, 3.05) is 0 Å². The van der Waals surface area contributed by atoms with Gasteiger partial charge in [0.05, 0.1) is 0 Å². The molecule has 0 heterocycles. The molecule has 16 valence electrons. The SMILES string of the molecule is [S]=[Hg].[Se]=[Hg]. The van der Waals surface area contributed by atoms with Crippen LogP contribution in [0.5, 0.6) is 0 Å². The minimum absolute atomic E-state index is 0.611. The van der Waals surface area contributed by atoms with Gasteiger partial charge in [-0.15, -0.1) is 0 Å². The van der Waals surface area contributed by atoms with E-state index in [-0.39, 0.29) is 0 Å². The standard InChI is InChI=1S/2Hg.S.Se. The van der Waals surface area contributed by atoms with Crippen LogP contribution in [0.25, 0.3) is 0 Å². The van der Waals surface area contributed by atoms with E-state index in [1.165, 1.54) is 0 Å². The molecular weight excluding hydrogens is 512 g/mol. The van der Waals surface area contributed by atoms with E-state index in [2.05, 4.69) is 20.0 Å². The molecule has 0 aliphatic rings. The van der Waals surface area contributed by atoms with Crippen molar-refractivity contribution < 1.29 is 47.1 Å². The van der Waals surface area contributed by atoms with Gasteiger partial charge in [-0.1, -0.05) is 0 Å². The van der Waals surface area contributed by atoms with Gasteiger partial charge in [0.2, 0.25) is 0 Å². The fourth-order valence-corrected chi connectivity index (χ4v) is 0. The van der Waals surface area contributed by atoms with Gasteiger partial charge in [0.15, 0.2) is 0 Å². The van der Waals surface area contributed by atoms with Gasteiger partial charge >= 0.3 is 67.0 Å². The Hall–Kier alpha value is 2.61. The first-order chi connectivity index (χ1) is 2.00. The molecule has 4 heteroatoms. The Morgan fingerprint density at radius 1 is 1.25 bits per heavy atom. The van der Waals surface area contributed by atoms with Crippen LogP contribution in [0.4, 0.5) is 0 Å². The molecule has 0 aromatic heterocycles. The van der Waals surface area contributed by atoms with Crippen LogP contribution in [0.2, 0.25) is 0 Å². The molecule has 0 atom stereocenters. The topological polar surface area (TPSA) is 0 Å². The van der Waals surface area contributed by atoms with Crippen LogP contribution >= 0.6 is 8.58 Å². The molecule has 0 aromatic rings. The number of hydrogen-bond donors (Lipinski definition) is 0. The second-order valence-electron chi connectivity index (χ2n) is 0. The van der Waals surface area contributed by atoms with Crippen molar-refractivity contribution in [3.8, 4) is 0 Å². The summed E-state index contributed by atoms with van der Waals surface area (Å²) in [6.45, 7) is 0. The number of hydrogen-bond acceptors (Lipinski definition) is 1. The second kappa shape index (κ2) is 17.5. The molecule has 0 radical (unpaired) electrons. The number of rotatable bonds is 0. The van der Waals surface area contributed by atoms with Crippen LogP contribution in [0.1, 0.15) is 0 Å². The quantitative estimate of drug-likeness (QED) is 0.421. The van der Waals surface area contributed by atoms with Gasteiger partial charge in [0.1, 0.15) is 0 Å². The van der Waals surface area contributed by atoms with Crippen molar-refractivity contribution >= 4 is 20.0 Å². The van der Waals surface area contributed by atoms with Crippen LogP contribution in [-0.2, 0) is 47.1 Å². The molecular formula is Hg2SSe. The van der Waals surface area contributed by atoms with E-state index in [1.807, 2.05) is 0 Å². The molecule has 0 unspecified atom stereocenters. The van der Waals surface area contributed by atoms with Crippen molar-refractivity contribution in [2.24, 2.45) is 0 Å². The maximum absolute atomic E-state index is 4.28. The zero-order valence-electron chi connectivity index (χ0n) is 2.23. The summed E-state index contributed by atoms with van der Waals surface area (Å²) < 4.78 is 0. The molecule has 0 spiro atoms. The molecule has 0 amide bonds. The second-order valence-corrected chi connectivity index (χ2v) is 0. The molecule has 0 bridgehead atoms. The van der Waals surface area contributed by atoms with E-state index in [0.717, 1.165) is 23.1 Å². The first kappa shape index (κ1) is 9.79. The zero-order valence-corrected chi connectivity index (χ0v) is 15.8. The average Bonchev–Trinajstić information content (AvgIpc) is 1.50. The first-order valence-corrected chi connectivity index (χ1v) is 20.8. The Kier molecular flexibility index (Phi) is 42.8. The molecule has 0 rings (SSSR count). The van der Waals surface area contributed by atoms with Crippen molar-refractivity contribution in [3.63, 3.8) is 0 Å². The van der Waals surface area contributed by atoms with Gasteiger partial charge in [0, 0.05) is 0 Å². The summed E-state index contributed by atoms with van der Waals surface area (Å²) in [5.74, 6) is 0. The summed E-state index contributed by atoms with van der Waals surface area (Å²) >= 11 is 4.33. The first-order valence-electron chi connectivity index (χ1n) is 0.577. The Labute approximate surface area is 65.6 Å². The van der Waals surface area contributed by atoms with E-state index < -0.39 is 0 Å². The van der Waals surface area contributed by atoms with E-state index in [9.17, 15) is 0 Å². The summed E-state index contributed by atoms with van der Waals surface area (Å²) in [5.41, 5.74) is 0. The van der Waals surface area contributed by atoms with Gasteiger partial charge in [-0.05, 0) is 0 Å². The van der Waals surface area contributed by atoms with Crippen molar-refractivity contribution in [1.82, 2.24) is 0 Å². The predicted octanol–water partition coefficient (Wildman–Crippen LogP) is 0.262. The molecule has 0 saturated heterocycles. The van der Waals surface area contributed by atoms with Gasteiger partial charge in [-0.2, -0.15) is 0 Å². The molecule has 0 aliphatic heterocycles. The Morgan fingerprint density at radius 3 is 1.25 bits per heavy atom. The third-order valence-corrected chi connectivity index (χ3v) is 0. The zero-order chi connectivity index (χ0) is 4.00. The van der Waals surface area contributed by atoms with Gasteiger partial charge in [0.25, 0.3) is 0 Å². The summed E-state index contributed by atoms with van der Waals surface area (Å²) in [5, 5.41) is 0. The summed E-state index contributed by atoms with van der Waals surface area (Å²) in [6.07, 6.45) is 0. The normalized spacial score (nSPS) is 3.00. The Balaban J connectivity index is 0. The fourth-order valence-electron chi connectivity index (χ4n) is 0. The van der Waals surface area contributed by atoms with E-state index in [4.69, 9.17) is 0 Å². The average molecular weight is 512 g/mol. The van der Waals surface area contributed by atoms with Crippen LogP contribution in [0.3, 0.4) is 0 Å². The fraction of sp³-hybridized carbons (Fsp3) is 0. The van der Waals surface area contributed by atoms with Gasteiger partial charge in [-0.3, -0.25) is 0 Å². The third kappa shape index (κ3) is 8.82. The molecule has 0 fully saturated rings. The van der Waals surface area contributed by atoms with Crippen LogP contribution in [-0.4, -0.2) is 11.4 Å². The van der Waals surface area contributed by atoms with Gasteiger partial charge in [-0.25, -0.2) is 0 Å². The van der Waals surface area contributed by atoms with Crippen LogP contribution in [0, 0.1) is 0 Å². The molecule has 0 aromatic carbocycles. The molecule has 0 nitrogen and oxygen atoms in total. The maximum atomic E-state index is 4.28. The monoisotopic (exact) mass is 516 g/mol. The van der Waals surface area contributed by atoms with Crippen molar-refractivity contribution in [3.05, 3.63) is 0 Å². The summed E-state index contributed by atoms with van der Waals surface area (Å²) in [6, 6.07) is 0. The Bertz CT molecular complexity index is 8.00. The Morgan fingerprint density at radius 2 is 1.25 bits per heavy atom. The molecule has 4 heavy (non-hydrogen) atoms. The minimum atomic E-state index is 0.611. The summed E-state index contributed by atoms with van der Waals surface area (Å²) in [7, 11) is 4.28. The van der Waals surface area contributed by atoms with Gasteiger partial charge < -0.3 is 0 Å². The van der Waals surface area contributed by atoms with E-state index in [0.29, 0.717) is 24.0 Å². The van der Waals surface area contributed by atoms with Crippen molar-refractivity contribution in [1.29, 1.82) is 0 Å². The van der Waals surface area contributed by atoms with Crippen molar-refractivity contribution in [2.45, 2.75) is 0 Å². The predicted molar refractivity (Wildman–Crippen MR) is 13.3 cm³/mol. The molecule has 0 N–H and O–H groups in total. The van der Waals surface area contributed by atoms with E-state index in [1.54, 1.807) is 0 Å². The third-order valence-electron chi connectivity index (χ3n) is 0. The molecule has 0 saturated carbocycles. The molecule has 0 aliphatic carbocycles. The van der Waals surface area contributed by atoms with E-state index >= 15 is 0 Å².